The molecule has 140 valence electrons. The summed E-state index contributed by atoms with van der Waals surface area (Å²) in [7, 11) is -2.93. The van der Waals surface area contributed by atoms with Crippen LogP contribution in [-0.4, -0.2) is 21.4 Å². The summed E-state index contributed by atoms with van der Waals surface area (Å²) in [4.78, 5) is 17.0. The Morgan fingerprint density at radius 3 is 2.46 bits per heavy atom. The molecule has 3 aromatic rings. The monoisotopic (exact) mass is 408 g/mol. The fourth-order valence-corrected chi connectivity index (χ4v) is 3.83. The Balaban J connectivity index is 1.88. The van der Waals surface area contributed by atoms with Gasteiger partial charge in [0, 0.05) is 39.7 Å². The first-order chi connectivity index (χ1) is 13.3. The molecular formula is C22H17ClN2O2S. The van der Waals surface area contributed by atoms with Crippen LogP contribution in [0.5, 0.6) is 0 Å². The zero-order valence-corrected chi connectivity index (χ0v) is 16.9. The molecule has 0 N–H and O–H groups in total. The van der Waals surface area contributed by atoms with Crippen molar-refractivity contribution >= 4 is 27.2 Å². The van der Waals surface area contributed by atoms with Gasteiger partial charge in [-0.1, -0.05) is 47.2 Å². The summed E-state index contributed by atoms with van der Waals surface area (Å²) in [5.41, 5.74) is 2.83. The average molecular weight is 409 g/mol. The number of hydrogen-bond acceptors (Lipinski definition) is 3. The Morgan fingerprint density at radius 2 is 1.75 bits per heavy atom. The quantitative estimate of drug-likeness (QED) is 0.575. The van der Waals surface area contributed by atoms with E-state index < -0.39 is 15.6 Å². The number of benzene rings is 2. The zero-order valence-electron chi connectivity index (χ0n) is 15.3. The Labute approximate surface area is 169 Å². The SMILES string of the molecule is Cc1ccc(C#Cc2cncc(C(=O)N=S(C)(=O)c3cccc(Cl)c3)c2)cc1. The molecule has 0 bridgehead atoms. The molecule has 3 rings (SSSR count). The van der Waals surface area contributed by atoms with Gasteiger partial charge < -0.3 is 0 Å². The van der Waals surface area contributed by atoms with Crippen molar-refractivity contribution in [1.29, 1.82) is 0 Å². The van der Waals surface area contributed by atoms with Crippen LogP contribution in [0.3, 0.4) is 0 Å². The lowest BCUT2D eigenvalue weighted by molar-refractivity contribution is 0.100. The van der Waals surface area contributed by atoms with Crippen LogP contribution < -0.4 is 0 Å². The minimum absolute atomic E-state index is 0.229. The van der Waals surface area contributed by atoms with Gasteiger partial charge >= 0.3 is 0 Å². The number of carbonyl (C=O) groups is 1. The summed E-state index contributed by atoms with van der Waals surface area (Å²) in [6.45, 7) is 2.01. The zero-order chi connectivity index (χ0) is 20.1. The first-order valence-corrected chi connectivity index (χ1v) is 10.7. The lowest BCUT2D eigenvalue weighted by atomic mass is 10.1. The molecule has 1 aromatic heterocycles. The Kier molecular flexibility index (Phi) is 5.93. The van der Waals surface area contributed by atoms with Crippen molar-refractivity contribution in [3.05, 3.63) is 94.3 Å². The van der Waals surface area contributed by atoms with E-state index in [9.17, 15) is 9.00 Å². The number of aromatic nitrogens is 1. The number of nitrogens with zero attached hydrogens (tertiary/aromatic N) is 2. The number of hydrogen-bond donors (Lipinski definition) is 0. The van der Waals surface area contributed by atoms with Gasteiger partial charge in [-0.3, -0.25) is 9.78 Å². The summed E-state index contributed by atoms with van der Waals surface area (Å²) in [6, 6.07) is 15.9. The number of aryl methyl sites for hydroxylation is 1. The molecule has 1 amide bonds. The molecule has 1 unspecified atom stereocenters. The fourth-order valence-electron chi connectivity index (χ4n) is 2.37. The van der Waals surface area contributed by atoms with Crippen LogP contribution in [0.2, 0.25) is 5.02 Å². The molecule has 0 aliphatic rings. The summed E-state index contributed by atoms with van der Waals surface area (Å²) < 4.78 is 16.8. The van der Waals surface area contributed by atoms with E-state index in [1.807, 2.05) is 31.2 Å². The van der Waals surface area contributed by atoms with Crippen LogP contribution in [-0.2, 0) is 9.73 Å². The second-order valence-corrected chi connectivity index (χ2v) is 8.93. The third-order valence-electron chi connectivity index (χ3n) is 3.88. The maximum absolute atomic E-state index is 12.9. The minimum atomic E-state index is -2.93. The van der Waals surface area contributed by atoms with Gasteiger partial charge in [-0.25, -0.2) is 4.21 Å². The maximum atomic E-state index is 12.9. The van der Waals surface area contributed by atoms with E-state index >= 15 is 0 Å². The van der Waals surface area contributed by atoms with Gasteiger partial charge in [0.15, 0.2) is 0 Å². The van der Waals surface area contributed by atoms with E-state index in [1.54, 1.807) is 36.5 Å². The lowest BCUT2D eigenvalue weighted by Gasteiger charge is -2.04. The van der Waals surface area contributed by atoms with Gasteiger partial charge in [-0.05, 0) is 43.3 Å². The molecule has 1 atom stereocenters. The van der Waals surface area contributed by atoms with Crippen molar-refractivity contribution in [3.63, 3.8) is 0 Å². The first kappa shape index (κ1) is 19.8. The van der Waals surface area contributed by atoms with Crippen LogP contribution in [0.1, 0.15) is 27.0 Å². The molecule has 0 saturated heterocycles. The van der Waals surface area contributed by atoms with Crippen molar-refractivity contribution in [2.24, 2.45) is 4.36 Å². The van der Waals surface area contributed by atoms with Crippen LogP contribution in [0.4, 0.5) is 0 Å². The number of carbonyl (C=O) groups excluding carboxylic acids is 1. The topological polar surface area (TPSA) is 59.4 Å². The molecule has 0 aliphatic carbocycles. The molecule has 1 heterocycles. The third kappa shape index (κ3) is 5.07. The number of rotatable bonds is 2. The van der Waals surface area contributed by atoms with Crippen LogP contribution in [0, 0.1) is 18.8 Å². The highest BCUT2D eigenvalue weighted by Crippen LogP contribution is 2.18. The summed E-state index contributed by atoms with van der Waals surface area (Å²) in [5, 5.41) is 0.435. The molecular weight excluding hydrogens is 392 g/mol. The predicted molar refractivity (Wildman–Crippen MR) is 112 cm³/mol. The molecule has 6 heteroatoms. The Morgan fingerprint density at radius 1 is 1.04 bits per heavy atom. The van der Waals surface area contributed by atoms with E-state index in [0.717, 1.165) is 11.1 Å². The minimum Gasteiger partial charge on any atom is -0.266 e. The molecule has 0 aliphatic heterocycles. The molecule has 28 heavy (non-hydrogen) atoms. The van der Waals surface area contributed by atoms with Crippen molar-refractivity contribution in [3.8, 4) is 11.8 Å². The predicted octanol–water partition coefficient (Wildman–Crippen LogP) is 4.74. The summed E-state index contributed by atoms with van der Waals surface area (Å²) >= 11 is 5.94. The highest BCUT2D eigenvalue weighted by molar-refractivity contribution is 7.93. The second-order valence-electron chi connectivity index (χ2n) is 6.23. The van der Waals surface area contributed by atoms with Crippen LogP contribution >= 0.6 is 11.6 Å². The van der Waals surface area contributed by atoms with E-state index in [4.69, 9.17) is 11.6 Å². The largest absolute Gasteiger partial charge is 0.286 e. The number of halogens is 1. The van der Waals surface area contributed by atoms with Crippen LogP contribution in [0.25, 0.3) is 0 Å². The molecule has 0 spiro atoms. The fraction of sp³-hybridized carbons (Fsp3) is 0.0909. The Hall–Kier alpha value is -2.94. The van der Waals surface area contributed by atoms with E-state index in [2.05, 4.69) is 21.2 Å². The van der Waals surface area contributed by atoms with Gasteiger partial charge in [-0.2, -0.15) is 4.36 Å². The van der Waals surface area contributed by atoms with Gasteiger partial charge in [0.1, 0.15) is 0 Å². The summed E-state index contributed by atoms with van der Waals surface area (Å²) in [5.74, 6) is 5.40. The summed E-state index contributed by atoms with van der Waals surface area (Å²) in [6.07, 6.45) is 4.36. The molecule has 0 radical (unpaired) electrons. The highest BCUT2D eigenvalue weighted by atomic mass is 35.5. The van der Waals surface area contributed by atoms with Crippen molar-refractivity contribution in [1.82, 2.24) is 4.98 Å². The average Bonchev–Trinajstić information content (AvgIpc) is 2.67. The standard InChI is InChI=1S/C22H17ClN2O2S/c1-16-6-8-17(9-7-16)10-11-18-12-19(15-24-14-18)22(26)25-28(2,27)21-5-3-4-20(23)13-21/h3-9,12-15H,1-2H3. The first-order valence-electron chi connectivity index (χ1n) is 8.39. The second kappa shape index (κ2) is 8.39. The van der Waals surface area contributed by atoms with Crippen molar-refractivity contribution in [2.45, 2.75) is 11.8 Å². The molecule has 0 saturated carbocycles. The lowest BCUT2D eigenvalue weighted by Crippen LogP contribution is -2.04. The van der Waals surface area contributed by atoms with E-state index in [-0.39, 0.29) is 5.56 Å². The maximum Gasteiger partial charge on any atom is 0.286 e. The number of pyridine rings is 1. The van der Waals surface area contributed by atoms with E-state index in [0.29, 0.717) is 15.5 Å². The third-order valence-corrected chi connectivity index (χ3v) is 5.76. The molecule has 0 fully saturated rings. The van der Waals surface area contributed by atoms with Gasteiger partial charge in [0.2, 0.25) is 0 Å². The number of amides is 1. The highest BCUT2D eigenvalue weighted by Gasteiger charge is 2.12. The van der Waals surface area contributed by atoms with Gasteiger partial charge in [0.05, 0.1) is 15.3 Å². The van der Waals surface area contributed by atoms with Crippen molar-refractivity contribution < 1.29 is 9.00 Å². The van der Waals surface area contributed by atoms with Gasteiger partial charge in [-0.15, -0.1) is 0 Å². The molecule has 4 nitrogen and oxygen atoms in total. The van der Waals surface area contributed by atoms with Crippen molar-refractivity contribution in [2.75, 3.05) is 6.26 Å². The molecule has 2 aromatic carbocycles. The smallest absolute Gasteiger partial charge is 0.266 e. The van der Waals surface area contributed by atoms with Crippen LogP contribution in [0.15, 0.2) is 76.2 Å². The van der Waals surface area contributed by atoms with E-state index in [1.165, 1.54) is 12.5 Å². The van der Waals surface area contributed by atoms with Gasteiger partial charge in [0.25, 0.3) is 5.91 Å². The Bertz CT molecular complexity index is 1220. The normalized spacial score (nSPS) is 12.4.